The molecular weight excluding hydrogens is 396 g/mol. The van der Waals surface area contributed by atoms with E-state index in [4.69, 9.17) is 9.97 Å². The molecule has 0 saturated heterocycles. The van der Waals surface area contributed by atoms with Gasteiger partial charge < -0.3 is 15.5 Å². The van der Waals surface area contributed by atoms with Crippen molar-refractivity contribution in [3.63, 3.8) is 0 Å². The number of anilines is 1. The van der Waals surface area contributed by atoms with Crippen molar-refractivity contribution in [3.8, 4) is 17.1 Å². The average Bonchev–Trinajstić information content (AvgIpc) is 3.35. The van der Waals surface area contributed by atoms with Crippen LogP contribution in [0.3, 0.4) is 0 Å². The van der Waals surface area contributed by atoms with E-state index in [0.717, 1.165) is 46.4 Å². The fourth-order valence-electron chi connectivity index (χ4n) is 3.98. The Morgan fingerprint density at radius 1 is 1.10 bits per heavy atom. The second-order valence-electron chi connectivity index (χ2n) is 7.64. The van der Waals surface area contributed by atoms with Gasteiger partial charge in [0.1, 0.15) is 16.4 Å². The third kappa shape index (κ3) is 3.40. The van der Waals surface area contributed by atoms with Gasteiger partial charge >= 0.3 is 0 Å². The van der Waals surface area contributed by atoms with Gasteiger partial charge in [-0.3, -0.25) is 4.98 Å². The number of aromatic nitrogens is 3. The number of benzene rings is 1. The quantitative estimate of drug-likeness (QED) is 0.443. The molecule has 1 aliphatic rings. The van der Waals surface area contributed by atoms with Gasteiger partial charge in [0.05, 0.1) is 17.5 Å². The molecule has 7 heteroatoms. The zero-order valence-corrected chi connectivity index (χ0v) is 17.4. The van der Waals surface area contributed by atoms with Gasteiger partial charge in [0, 0.05) is 22.8 Å². The van der Waals surface area contributed by atoms with E-state index in [2.05, 4.69) is 10.3 Å². The molecule has 0 fully saturated rings. The van der Waals surface area contributed by atoms with Gasteiger partial charge in [-0.25, -0.2) is 9.97 Å². The van der Waals surface area contributed by atoms with Crippen LogP contribution in [0.15, 0.2) is 48.8 Å². The molecule has 0 aliphatic heterocycles. The van der Waals surface area contributed by atoms with Crippen LogP contribution in [0, 0.1) is 0 Å². The zero-order valence-electron chi connectivity index (χ0n) is 16.5. The van der Waals surface area contributed by atoms with Gasteiger partial charge in [0.15, 0.2) is 5.82 Å². The molecule has 5 rings (SSSR count). The van der Waals surface area contributed by atoms with Crippen LogP contribution in [0.2, 0.25) is 0 Å². The third-order valence-electron chi connectivity index (χ3n) is 5.56. The molecule has 3 N–H and O–H groups in total. The summed E-state index contributed by atoms with van der Waals surface area (Å²) < 4.78 is 0. The monoisotopic (exact) mass is 418 g/mol. The number of phenols is 1. The summed E-state index contributed by atoms with van der Waals surface area (Å²) in [5, 5.41) is 24.9. The van der Waals surface area contributed by atoms with Crippen molar-refractivity contribution in [1.29, 1.82) is 0 Å². The Morgan fingerprint density at radius 3 is 2.70 bits per heavy atom. The molecule has 3 heterocycles. The molecule has 0 bridgehead atoms. The summed E-state index contributed by atoms with van der Waals surface area (Å²) in [5.41, 5.74) is 2.94. The molecule has 3 aromatic heterocycles. The number of hydrogen-bond donors (Lipinski definition) is 3. The first-order chi connectivity index (χ1) is 14.6. The Labute approximate surface area is 178 Å². The Morgan fingerprint density at radius 2 is 1.93 bits per heavy atom. The number of phenolic OH excluding ortho intramolecular Hbond substituents is 1. The summed E-state index contributed by atoms with van der Waals surface area (Å²) in [6.07, 6.45) is 6.03. The van der Waals surface area contributed by atoms with Crippen LogP contribution in [0.1, 0.15) is 35.5 Å². The lowest BCUT2D eigenvalue weighted by molar-refractivity contribution is 0.160. The van der Waals surface area contributed by atoms with Crippen molar-refractivity contribution in [2.45, 2.75) is 38.3 Å². The predicted molar refractivity (Wildman–Crippen MR) is 119 cm³/mol. The van der Waals surface area contributed by atoms with Crippen LogP contribution >= 0.6 is 11.3 Å². The predicted octanol–water partition coefficient (Wildman–Crippen LogP) is 4.48. The molecular formula is C23H22N4O2S. The first-order valence-electron chi connectivity index (χ1n) is 10.1. The normalized spacial score (nSPS) is 15.1. The Hall–Kier alpha value is -3.03. The van der Waals surface area contributed by atoms with Gasteiger partial charge in [-0.15, -0.1) is 11.3 Å². The number of aryl methyl sites for hydroxylation is 2. The maximum absolute atomic E-state index is 10.8. The number of hydrogen-bond acceptors (Lipinski definition) is 7. The highest BCUT2D eigenvalue weighted by molar-refractivity contribution is 7.19. The summed E-state index contributed by atoms with van der Waals surface area (Å²) >= 11 is 1.74. The van der Waals surface area contributed by atoms with E-state index in [1.165, 1.54) is 10.4 Å². The zero-order chi connectivity index (χ0) is 20.7. The molecule has 0 radical (unpaired) electrons. The standard InChI is InChI=1S/C23H22N4O2S/c1-13(20(29)14-7-9-16(28)10-8-14)25-22-19-17-5-2-6-18(17)30-23(19)27-21(26-22)15-4-3-11-24-12-15/h3-4,7-13,20,28-29H,2,5-6H2,1H3,(H,25,26,27)/t13-,20-/m0/s1. The van der Waals surface area contributed by atoms with Gasteiger partial charge in [-0.05, 0) is 61.6 Å². The van der Waals surface area contributed by atoms with E-state index < -0.39 is 6.10 Å². The van der Waals surface area contributed by atoms with E-state index in [-0.39, 0.29) is 11.8 Å². The summed E-state index contributed by atoms with van der Waals surface area (Å²) in [6.45, 7) is 1.93. The number of nitrogens with one attached hydrogen (secondary N) is 1. The maximum Gasteiger partial charge on any atom is 0.164 e. The minimum atomic E-state index is -0.746. The van der Waals surface area contributed by atoms with E-state index >= 15 is 0 Å². The van der Waals surface area contributed by atoms with Crippen LogP contribution in [-0.2, 0) is 12.8 Å². The lowest BCUT2D eigenvalue weighted by Gasteiger charge is -2.22. The van der Waals surface area contributed by atoms with Crippen molar-refractivity contribution in [1.82, 2.24) is 15.0 Å². The summed E-state index contributed by atoms with van der Waals surface area (Å²) in [7, 11) is 0. The van der Waals surface area contributed by atoms with Gasteiger partial charge in [-0.2, -0.15) is 0 Å². The highest BCUT2D eigenvalue weighted by atomic mass is 32.1. The number of fused-ring (bicyclic) bond motifs is 3. The van der Waals surface area contributed by atoms with Crippen LogP contribution in [-0.4, -0.2) is 31.2 Å². The largest absolute Gasteiger partial charge is 0.508 e. The van der Waals surface area contributed by atoms with Crippen molar-refractivity contribution in [2.24, 2.45) is 0 Å². The highest BCUT2D eigenvalue weighted by Crippen LogP contribution is 2.41. The third-order valence-corrected chi connectivity index (χ3v) is 6.74. The van der Waals surface area contributed by atoms with Gasteiger partial charge in [-0.1, -0.05) is 12.1 Å². The smallest absolute Gasteiger partial charge is 0.164 e. The SMILES string of the molecule is C[C@H](Nc1nc(-c2cccnc2)nc2sc3c(c12)CCC3)[C@H](O)c1ccc(O)cc1. The average molecular weight is 419 g/mol. The van der Waals surface area contributed by atoms with Crippen LogP contribution < -0.4 is 5.32 Å². The molecule has 0 amide bonds. The van der Waals surface area contributed by atoms with E-state index in [0.29, 0.717) is 5.82 Å². The fraction of sp³-hybridized carbons (Fsp3) is 0.261. The molecule has 2 atom stereocenters. The van der Waals surface area contributed by atoms with Crippen LogP contribution in [0.4, 0.5) is 5.82 Å². The van der Waals surface area contributed by atoms with Crippen LogP contribution in [0.25, 0.3) is 21.6 Å². The molecule has 6 nitrogen and oxygen atoms in total. The molecule has 30 heavy (non-hydrogen) atoms. The lowest BCUT2D eigenvalue weighted by atomic mass is 10.0. The summed E-state index contributed by atoms with van der Waals surface area (Å²) in [5.74, 6) is 1.56. The lowest BCUT2D eigenvalue weighted by Crippen LogP contribution is -2.25. The summed E-state index contributed by atoms with van der Waals surface area (Å²) in [4.78, 5) is 16.2. The molecule has 1 aromatic carbocycles. The van der Waals surface area contributed by atoms with Crippen LogP contribution in [0.5, 0.6) is 5.75 Å². The van der Waals surface area contributed by atoms with Crippen molar-refractivity contribution < 1.29 is 10.2 Å². The number of aliphatic hydroxyl groups is 1. The first-order valence-corrected chi connectivity index (χ1v) is 10.9. The Balaban J connectivity index is 1.55. The van der Waals surface area contributed by atoms with Crippen molar-refractivity contribution >= 4 is 27.4 Å². The second-order valence-corrected chi connectivity index (χ2v) is 8.73. The van der Waals surface area contributed by atoms with E-state index in [9.17, 15) is 10.2 Å². The number of nitrogens with zero attached hydrogens (tertiary/aromatic N) is 3. The minimum Gasteiger partial charge on any atom is -0.508 e. The fourth-order valence-corrected chi connectivity index (χ4v) is 5.24. The number of aromatic hydroxyl groups is 1. The van der Waals surface area contributed by atoms with E-state index in [1.807, 2.05) is 19.1 Å². The number of pyridine rings is 1. The van der Waals surface area contributed by atoms with E-state index in [1.54, 1.807) is 48.0 Å². The number of rotatable bonds is 5. The topological polar surface area (TPSA) is 91.2 Å². The number of aliphatic hydroxyl groups excluding tert-OH is 1. The molecule has 0 saturated carbocycles. The van der Waals surface area contributed by atoms with Crippen molar-refractivity contribution in [2.75, 3.05) is 5.32 Å². The molecule has 4 aromatic rings. The molecule has 1 aliphatic carbocycles. The second kappa shape index (κ2) is 7.66. The highest BCUT2D eigenvalue weighted by Gasteiger charge is 2.25. The maximum atomic E-state index is 10.8. The molecule has 0 spiro atoms. The Kier molecular flexibility index (Phi) is 4.84. The molecule has 0 unspecified atom stereocenters. The molecule has 152 valence electrons. The first kappa shape index (κ1) is 19.0. The van der Waals surface area contributed by atoms with Gasteiger partial charge in [0.2, 0.25) is 0 Å². The summed E-state index contributed by atoms with van der Waals surface area (Å²) in [6, 6.07) is 10.2. The number of thiophene rings is 1. The van der Waals surface area contributed by atoms with Gasteiger partial charge in [0.25, 0.3) is 0 Å². The van der Waals surface area contributed by atoms with Crippen molar-refractivity contribution in [3.05, 3.63) is 64.8 Å². The minimum absolute atomic E-state index is 0.180. The Bertz CT molecular complexity index is 1190.